The highest BCUT2D eigenvalue weighted by Gasteiger charge is 2.16. The molecule has 2 N–H and O–H groups in total. The topological polar surface area (TPSA) is 29.3 Å². The van der Waals surface area contributed by atoms with Crippen LogP contribution in [0.5, 0.6) is 0 Å². The molecule has 0 amide bonds. The minimum Gasteiger partial charge on any atom is -0.399 e. The maximum absolute atomic E-state index is 13.4. The van der Waals surface area contributed by atoms with Gasteiger partial charge in [-0.15, -0.1) is 0 Å². The Balaban J connectivity index is 1.91. The number of hydrogen-bond acceptors (Lipinski definition) is 2. The highest BCUT2D eigenvalue weighted by atomic mass is 19.1. The van der Waals surface area contributed by atoms with Gasteiger partial charge in [-0.1, -0.05) is 24.3 Å². The predicted octanol–water partition coefficient (Wildman–Crippen LogP) is 2.97. The molecule has 0 bridgehead atoms. The molecule has 3 rings (SSSR count). The van der Waals surface area contributed by atoms with Gasteiger partial charge < -0.3 is 10.6 Å². The first-order valence-electron chi connectivity index (χ1n) is 6.10. The van der Waals surface area contributed by atoms with Crippen LogP contribution in [0, 0.1) is 5.82 Å². The second-order valence-electron chi connectivity index (χ2n) is 4.68. The van der Waals surface area contributed by atoms with Gasteiger partial charge in [0.05, 0.1) is 0 Å². The van der Waals surface area contributed by atoms with Crippen molar-refractivity contribution in [3.05, 3.63) is 59.4 Å². The van der Waals surface area contributed by atoms with Crippen LogP contribution in [0.3, 0.4) is 0 Å². The average molecular weight is 242 g/mol. The van der Waals surface area contributed by atoms with Crippen LogP contribution in [-0.4, -0.2) is 6.54 Å². The molecule has 0 unspecified atom stereocenters. The van der Waals surface area contributed by atoms with Crippen LogP contribution < -0.4 is 10.6 Å². The molecule has 18 heavy (non-hydrogen) atoms. The first-order valence-corrected chi connectivity index (χ1v) is 6.10. The van der Waals surface area contributed by atoms with E-state index in [9.17, 15) is 4.39 Å². The van der Waals surface area contributed by atoms with Crippen LogP contribution in [0.25, 0.3) is 0 Å². The zero-order valence-corrected chi connectivity index (χ0v) is 10.1. The molecule has 0 fully saturated rings. The summed E-state index contributed by atoms with van der Waals surface area (Å²) in [6, 6.07) is 13.1. The molecular formula is C15H15FN2. The largest absolute Gasteiger partial charge is 0.399 e. The van der Waals surface area contributed by atoms with Crippen LogP contribution >= 0.6 is 0 Å². The quantitative estimate of drug-likeness (QED) is 0.779. The Hall–Kier alpha value is -2.03. The van der Waals surface area contributed by atoms with Gasteiger partial charge in [-0.05, 0) is 35.7 Å². The molecule has 0 aliphatic carbocycles. The van der Waals surface area contributed by atoms with Crippen molar-refractivity contribution >= 4 is 11.4 Å². The minimum atomic E-state index is -0.274. The molecule has 1 aliphatic rings. The lowest BCUT2D eigenvalue weighted by molar-refractivity contribution is 0.626. The highest BCUT2D eigenvalue weighted by Crippen LogP contribution is 2.26. The lowest BCUT2D eigenvalue weighted by atomic mass is 9.99. The summed E-state index contributed by atoms with van der Waals surface area (Å²) in [4.78, 5) is 2.17. The van der Waals surface area contributed by atoms with Crippen molar-refractivity contribution in [3.8, 4) is 0 Å². The fraction of sp³-hybridized carbons (Fsp3) is 0.200. The van der Waals surface area contributed by atoms with Crippen molar-refractivity contribution in [1.29, 1.82) is 0 Å². The number of rotatable bonds is 1. The zero-order chi connectivity index (χ0) is 12.5. The van der Waals surface area contributed by atoms with Gasteiger partial charge in [-0.3, -0.25) is 0 Å². The summed E-state index contributed by atoms with van der Waals surface area (Å²) in [6.07, 6.45) is 0.993. The standard InChI is InChI=1S/C15H15FN2/c16-13-7-14(17)9-15(8-13)18-6-5-11-3-1-2-4-12(11)10-18/h1-4,7-9H,5-6,10,17H2. The molecule has 2 aromatic rings. The molecule has 0 atom stereocenters. The molecule has 0 saturated heterocycles. The summed E-state index contributed by atoms with van der Waals surface area (Å²) in [5.41, 5.74) is 9.73. The van der Waals surface area contributed by atoms with E-state index in [0.29, 0.717) is 5.69 Å². The fourth-order valence-electron chi connectivity index (χ4n) is 2.49. The van der Waals surface area contributed by atoms with Crippen molar-refractivity contribution < 1.29 is 4.39 Å². The number of hydrogen-bond donors (Lipinski definition) is 1. The Bertz CT molecular complexity index is 560. The first kappa shape index (κ1) is 11.1. The van der Waals surface area contributed by atoms with E-state index >= 15 is 0 Å². The molecule has 0 spiro atoms. The lowest BCUT2D eigenvalue weighted by Crippen LogP contribution is -2.30. The molecule has 2 nitrogen and oxygen atoms in total. The van der Waals surface area contributed by atoms with Gasteiger partial charge in [-0.2, -0.15) is 0 Å². The van der Waals surface area contributed by atoms with Crippen molar-refractivity contribution in [2.24, 2.45) is 0 Å². The third kappa shape index (κ3) is 2.04. The van der Waals surface area contributed by atoms with E-state index in [2.05, 4.69) is 23.1 Å². The number of fused-ring (bicyclic) bond motifs is 1. The smallest absolute Gasteiger partial charge is 0.127 e. The average Bonchev–Trinajstić information content (AvgIpc) is 2.37. The Morgan fingerprint density at radius 1 is 1.06 bits per heavy atom. The molecular weight excluding hydrogens is 227 g/mol. The zero-order valence-electron chi connectivity index (χ0n) is 10.1. The van der Waals surface area contributed by atoms with Crippen molar-refractivity contribution in [2.45, 2.75) is 13.0 Å². The highest BCUT2D eigenvalue weighted by molar-refractivity contribution is 5.57. The van der Waals surface area contributed by atoms with Gasteiger partial charge in [0, 0.05) is 24.5 Å². The summed E-state index contributed by atoms with van der Waals surface area (Å²) < 4.78 is 13.4. The van der Waals surface area contributed by atoms with Gasteiger partial charge in [0.25, 0.3) is 0 Å². The second kappa shape index (κ2) is 4.33. The number of halogens is 1. The molecule has 1 aliphatic heterocycles. The number of benzene rings is 2. The molecule has 0 radical (unpaired) electrons. The monoisotopic (exact) mass is 242 g/mol. The van der Waals surface area contributed by atoms with Gasteiger partial charge in [0.15, 0.2) is 0 Å². The Morgan fingerprint density at radius 3 is 2.61 bits per heavy atom. The Labute approximate surface area is 106 Å². The van der Waals surface area contributed by atoms with Gasteiger partial charge in [-0.25, -0.2) is 4.39 Å². The number of nitrogens with two attached hydrogens (primary N) is 1. The van der Waals surface area contributed by atoms with E-state index in [0.717, 1.165) is 25.2 Å². The van der Waals surface area contributed by atoms with Gasteiger partial charge in [0.2, 0.25) is 0 Å². The molecule has 3 heteroatoms. The van der Waals surface area contributed by atoms with Gasteiger partial charge in [0.1, 0.15) is 5.82 Å². The number of nitrogen functional groups attached to an aromatic ring is 1. The van der Waals surface area contributed by atoms with Crippen LogP contribution in [0.1, 0.15) is 11.1 Å². The third-order valence-corrected chi connectivity index (χ3v) is 3.40. The first-order chi connectivity index (χ1) is 8.72. The van der Waals surface area contributed by atoms with Crippen LogP contribution in [0.4, 0.5) is 15.8 Å². The van der Waals surface area contributed by atoms with Crippen LogP contribution in [-0.2, 0) is 13.0 Å². The van der Waals surface area contributed by atoms with E-state index in [1.165, 1.54) is 17.2 Å². The van der Waals surface area contributed by atoms with Gasteiger partial charge >= 0.3 is 0 Å². The van der Waals surface area contributed by atoms with E-state index in [-0.39, 0.29) is 5.82 Å². The van der Waals surface area contributed by atoms with E-state index in [1.54, 1.807) is 6.07 Å². The van der Waals surface area contributed by atoms with Crippen molar-refractivity contribution in [1.82, 2.24) is 0 Å². The summed E-state index contributed by atoms with van der Waals surface area (Å²) >= 11 is 0. The fourth-order valence-corrected chi connectivity index (χ4v) is 2.49. The molecule has 0 saturated carbocycles. The molecule has 2 aromatic carbocycles. The maximum Gasteiger partial charge on any atom is 0.127 e. The summed E-state index contributed by atoms with van der Waals surface area (Å²) in [5, 5.41) is 0. The van der Waals surface area contributed by atoms with Crippen LogP contribution in [0.2, 0.25) is 0 Å². The van der Waals surface area contributed by atoms with Crippen molar-refractivity contribution in [3.63, 3.8) is 0 Å². The third-order valence-electron chi connectivity index (χ3n) is 3.40. The number of anilines is 2. The lowest BCUT2D eigenvalue weighted by Gasteiger charge is -2.30. The Kier molecular flexibility index (Phi) is 2.67. The summed E-state index contributed by atoms with van der Waals surface area (Å²) in [7, 11) is 0. The van der Waals surface area contributed by atoms with Crippen molar-refractivity contribution in [2.75, 3.05) is 17.2 Å². The van der Waals surface area contributed by atoms with Crippen LogP contribution in [0.15, 0.2) is 42.5 Å². The van der Waals surface area contributed by atoms with E-state index in [1.807, 2.05) is 12.1 Å². The SMILES string of the molecule is Nc1cc(F)cc(N2CCc3ccccc3C2)c1. The maximum atomic E-state index is 13.4. The minimum absolute atomic E-state index is 0.274. The van der Waals surface area contributed by atoms with E-state index < -0.39 is 0 Å². The molecule has 1 heterocycles. The molecule has 0 aromatic heterocycles. The predicted molar refractivity (Wildman–Crippen MR) is 72.0 cm³/mol. The molecule has 92 valence electrons. The Morgan fingerprint density at radius 2 is 1.83 bits per heavy atom. The second-order valence-corrected chi connectivity index (χ2v) is 4.68. The summed E-state index contributed by atoms with van der Waals surface area (Å²) in [5.74, 6) is -0.274. The number of nitrogens with zero attached hydrogens (tertiary/aromatic N) is 1. The van der Waals surface area contributed by atoms with E-state index in [4.69, 9.17) is 5.73 Å². The normalized spacial score (nSPS) is 14.4. The summed E-state index contributed by atoms with van der Waals surface area (Å²) in [6.45, 7) is 1.72.